The van der Waals surface area contributed by atoms with Gasteiger partial charge >= 0.3 is 0 Å². The van der Waals surface area contributed by atoms with E-state index in [0.717, 1.165) is 5.75 Å². The zero-order valence-electron chi connectivity index (χ0n) is 13.1. The zero-order chi connectivity index (χ0) is 17.4. The molecule has 0 aliphatic rings. The van der Waals surface area contributed by atoms with E-state index in [-0.39, 0.29) is 10.9 Å². The molecule has 126 valence electrons. The lowest BCUT2D eigenvalue weighted by molar-refractivity contribution is -0.116. The van der Waals surface area contributed by atoms with Gasteiger partial charge in [-0.05, 0) is 48.0 Å². The van der Waals surface area contributed by atoms with Crippen molar-refractivity contribution in [2.24, 2.45) is 0 Å². The molecule has 6 heteroatoms. The lowest BCUT2D eigenvalue weighted by atomic mass is 10.2. The van der Waals surface area contributed by atoms with Gasteiger partial charge in [0.05, 0.1) is 18.7 Å². The van der Waals surface area contributed by atoms with Crippen LogP contribution in [0, 0.1) is 5.82 Å². The molecule has 0 aliphatic heterocycles. The van der Waals surface area contributed by atoms with Gasteiger partial charge in [-0.3, -0.25) is 4.79 Å². The highest BCUT2D eigenvalue weighted by Gasteiger charge is 2.00. The van der Waals surface area contributed by atoms with E-state index in [1.165, 1.54) is 24.3 Å². The molecule has 4 nitrogen and oxygen atoms in total. The molecule has 0 saturated carbocycles. The summed E-state index contributed by atoms with van der Waals surface area (Å²) in [6, 6.07) is 11.4. The fourth-order valence-corrected chi connectivity index (χ4v) is 2.05. The Hall–Kier alpha value is -2.53. The Balaban J connectivity index is 1.72. The average Bonchev–Trinajstić information content (AvgIpc) is 2.60. The predicted molar refractivity (Wildman–Crippen MR) is 91.9 cm³/mol. The second-order valence-electron chi connectivity index (χ2n) is 4.82. The van der Waals surface area contributed by atoms with Crippen molar-refractivity contribution in [3.63, 3.8) is 0 Å². The molecular weight excluding hydrogens is 333 g/mol. The summed E-state index contributed by atoms with van der Waals surface area (Å²) in [7, 11) is 1.60. The average molecular weight is 350 g/mol. The van der Waals surface area contributed by atoms with Crippen LogP contribution in [0.25, 0.3) is 6.08 Å². The van der Waals surface area contributed by atoms with Gasteiger partial charge in [-0.1, -0.05) is 17.7 Å². The number of rotatable bonds is 7. The molecule has 0 radical (unpaired) electrons. The van der Waals surface area contributed by atoms with Gasteiger partial charge in [0, 0.05) is 6.08 Å². The number of halogens is 2. The zero-order valence-corrected chi connectivity index (χ0v) is 13.8. The SMILES string of the molecule is COc1ccc(OCCNC(=O)/C=C/c2ccc(F)c(Cl)c2)cc1. The largest absolute Gasteiger partial charge is 0.497 e. The molecule has 2 aromatic carbocycles. The van der Waals surface area contributed by atoms with E-state index < -0.39 is 5.82 Å². The third-order valence-corrected chi connectivity index (χ3v) is 3.39. The first kappa shape index (κ1) is 17.8. The van der Waals surface area contributed by atoms with Gasteiger partial charge in [-0.25, -0.2) is 4.39 Å². The molecular formula is C18H17ClFNO3. The molecule has 0 bridgehead atoms. The quantitative estimate of drug-likeness (QED) is 0.612. The van der Waals surface area contributed by atoms with Crippen molar-refractivity contribution in [1.29, 1.82) is 0 Å². The summed E-state index contributed by atoms with van der Waals surface area (Å²) in [5, 5.41) is 2.71. The van der Waals surface area contributed by atoms with Gasteiger partial charge in [-0.15, -0.1) is 0 Å². The second kappa shape index (κ2) is 8.93. The normalized spacial score (nSPS) is 10.6. The highest BCUT2D eigenvalue weighted by Crippen LogP contribution is 2.17. The maximum Gasteiger partial charge on any atom is 0.244 e. The standard InChI is InChI=1S/C18H17ClFNO3/c1-23-14-4-6-15(7-5-14)24-11-10-21-18(22)9-3-13-2-8-17(20)16(19)12-13/h2-9,12H,10-11H2,1H3,(H,21,22)/b9-3+. The van der Waals surface area contributed by atoms with Gasteiger partial charge in [0.2, 0.25) is 5.91 Å². The molecule has 2 aromatic rings. The molecule has 0 aliphatic carbocycles. The van der Waals surface area contributed by atoms with Crippen LogP contribution < -0.4 is 14.8 Å². The van der Waals surface area contributed by atoms with Crippen LogP contribution >= 0.6 is 11.6 Å². The van der Waals surface area contributed by atoms with Crippen molar-refractivity contribution in [1.82, 2.24) is 5.32 Å². The fourth-order valence-electron chi connectivity index (χ4n) is 1.86. The van der Waals surface area contributed by atoms with Gasteiger partial charge in [0.25, 0.3) is 0 Å². The van der Waals surface area contributed by atoms with Crippen molar-refractivity contribution in [2.75, 3.05) is 20.3 Å². The Morgan fingerprint density at radius 2 is 1.92 bits per heavy atom. The molecule has 0 heterocycles. The van der Waals surface area contributed by atoms with E-state index >= 15 is 0 Å². The summed E-state index contributed by atoms with van der Waals surface area (Å²) in [4.78, 5) is 11.7. The van der Waals surface area contributed by atoms with Crippen molar-refractivity contribution in [2.45, 2.75) is 0 Å². The molecule has 0 saturated heterocycles. The molecule has 0 spiro atoms. The first-order chi connectivity index (χ1) is 11.6. The van der Waals surface area contributed by atoms with Crippen LogP contribution in [0.4, 0.5) is 4.39 Å². The molecule has 2 rings (SSSR count). The summed E-state index contributed by atoms with van der Waals surface area (Å²) in [6.45, 7) is 0.702. The van der Waals surface area contributed by atoms with Crippen LogP contribution in [-0.2, 0) is 4.79 Å². The summed E-state index contributed by atoms with van der Waals surface area (Å²) >= 11 is 5.67. The van der Waals surface area contributed by atoms with E-state index in [2.05, 4.69) is 5.32 Å². The smallest absolute Gasteiger partial charge is 0.244 e. The third kappa shape index (κ3) is 5.59. The van der Waals surface area contributed by atoms with Crippen molar-refractivity contribution >= 4 is 23.6 Å². The molecule has 1 amide bonds. The molecule has 0 unspecified atom stereocenters. The summed E-state index contributed by atoms with van der Waals surface area (Å²) in [5.74, 6) is 0.686. The fraction of sp³-hybridized carbons (Fsp3) is 0.167. The van der Waals surface area contributed by atoms with Crippen LogP contribution in [-0.4, -0.2) is 26.2 Å². The number of nitrogens with one attached hydrogen (secondary N) is 1. The van der Waals surface area contributed by atoms with Crippen molar-refractivity contribution in [3.05, 3.63) is 64.9 Å². The number of methoxy groups -OCH3 is 1. The van der Waals surface area contributed by atoms with Crippen molar-refractivity contribution < 1.29 is 18.7 Å². The lowest BCUT2D eigenvalue weighted by Crippen LogP contribution is -2.26. The monoisotopic (exact) mass is 349 g/mol. The van der Waals surface area contributed by atoms with Crippen LogP contribution in [0.2, 0.25) is 5.02 Å². The number of benzene rings is 2. The van der Waals surface area contributed by atoms with Crippen LogP contribution in [0.15, 0.2) is 48.5 Å². The van der Waals surface area contributed by atoms with E-state index in [9.17, 15) is 9.18 Å². The molecule has 0 aromatic heterocycles. The third-order valence-electron chi connectivity index (χ3n) is 3.10. The first-order valence-corrected chi connectivity index (χ1v) is 7.64. The number of hydrogen-bond donors (Lipinski definition) is 1. The van der Waals surface area contributed by atoms with E-state index in [1.807, 2.05) is 0 Å². The van der Waals surface area contributed by atoms with Gasteiger partial charge < -0.3 is 14.8 Å². The molecule has 1 N–H and O–H groups in total. The Bertz CT molecular complexity index is 717. The minimum atomic E-state index is -0.492. The number of carbonyl (C=O) groups is 1. The first-order valence-electron chi connectivity index (χ1n) is 7.26. The maximum absolute atomic E-state index is 13.0. The van der Waals surface area contributed by atoms with E-state index in [1.54, 1.807) is 37.5 Å². The second-order valence-corrected chi connectivity index (χ2v) is 5.23. The van der Waals surface area contributed by atoms with Gasteiger partial charge in [0.1, 0.15) is 23.9 Å². The summed E-state index contributed by atoms with van der Waals surface area (Å²) < 4.78 is 23.6. The Labute approximate surface area is 144 Å². The van der Waals surface area contributed by atoms with E-state index in [0.29, 0.717) is 24.5 Å². The number of hydrogen-bond acceptors (Lipinski definition) is 3. The number of amides is 1. The summed E-state index contributed by atoms with van der Waals surface area (Å²) in [6.07, 6.45) is 2.92. The van der Waals surface area contributed by atoms with Crippen LogP contribution in [0.1, 0.15) is 5.56 Å². The van der Waals surface area contributed by atoms with Crippen LogP contribution in [0.5, 0.6) is 11.5 Å². The van der Waals surface area contributed by atoms with Gasteiger partial charge in [0.15, 0.2) is 0 Å². The Morgan fingerprint density at radius 1 is 1.21 bits per heavy atom. The number of carbonyl (C=O) groups excluding carboxylic acids is 1. The van der Waals surface area contributed by atoms with Gasteiger partial charge in [-0.2, -0.15) is 0 Å². The van der Waals surface area contributed by atoms with Crippen LogP contribution in [0.3, 0.4) is 0 Å². The Morgan fingerprint density at radius 3 is 2.58 bits per heavy atom. The minimum Gasteiger partial charge on any atom is -0.497 e. The lowest BCUT2D eigenvalue weighted by Gasteiger charge is -2.07. The highest BCUT2D eigenvalue weighted by molar-refractivity contribution is 6.30. The van der Waals surface area contributed by atoms with E-state index in [4.69, 9.17) is 21.1 Å². The summed E-state index contributed by atoms with van der Waals surface area (Å²) in [5.41, 5.74) is 0.644. The molecule has 0 fully saturated rings. The predicted octanol–water partition coefficient (Wildman–Crippen LogP) is 3.70. The number of ether oxygens (including phenoxy) is 2. The van der Waals surface area contributed by atoms with Crippen molar-refractivity contribution in [3.8, 4) is 11.5 Å². The maximum atomic E-state index is 13.0. The topological polar surface area (TPSA) is 47.6 Å². The molecule has 0 atom stereocenters. The molecule has 24 heavy (non-hydrogen) atoms. The highest BCUT2D eigenvalue weighted by atomic mass is 35.5. The Kier molecular flexibility index (Phi) is 6.63. The minimum absolute atomic E-state index is 0.0189.